The zero-order chi connectivity index (χ0) is 20.9. The maximum atomic E-state index is 13.9. The van der Waals surface area contributed by atoms with Crippen molar-refractivity contribution in [1.29, 1.82) is 0 Å². The molecule has 4 rings (SSSR count). The molecule has 2 aromatic carbocycles. The fraction of sp³-hybridized carbons (Fsp3) is 0.500. The number of nitrogens with zero attached hydrogens (tertiary/aromatic N) is 1. The van der Waals surface area contributed by atoms with Gasteiger partial charge in [0, 0.05) is 18.0 Å². The first-order valence-corrected chi connectivity index (χ1v) is 11.5. The number of rotatable bonds is 6. The molecule has 1 aliphatic carbocycles. The van der Waals surface area contributed by atoms with Crippen LogP contribution < -0.4 is 5.32 Å². The van der Waals surface area contributed by atoms with Gasteiger partial charge in [0.1, 0.15) is 5.82 Å². The highest BCUT2D eigenvalue weighted by atomic mass is 19.1. The molecule has 0 bridgehead atoms. The molecule has 1 amide bonds. The summed E-state index contributed by atoms with van der Waals surface area (Å²) >= 11 is 0. The number of piperidine rings is 1. The van der Waals surface area contributed by atoms with Crippen LogP contribution in [0.3, 0.4) is 0 Å². The average molecular weight is 409 g/mol. The first kappa shape index (κ1) is 21.0. The minimum atomic E-state index is -0.145. The van der Waals surface area contributed by atoms with Crippen molar-refractivity contribution in [2.75, 3.05) is 13.1 Å². The number of fused-ring (bicyclic) bond motifs is 1. The Morgan fingerprint density at radius 1 is 1.10 bits per heavy atom. The minimum Gasteiger partial charge on any atom is -0.349 e. The lowest BCUT2D eigenvalue weighted by atomic mass is 9.88. The molecule has 1 N–H and O–H groups in total. The first-order valence-electron chi connectivity index (χ1n) is 11.5. The second-order valence-corrected chi connectivity index (χ2v) is 8.85. The van der Waals surface area contributed by atoms with Gasteiger partial charge in [-0.05, 0) is 80.8 Å². The van der Waals surface area contributed by atoms with Crippen molar-refractivity contribution < 1.29 is 9.18 Å². The van der Waals surface area contributed by atoms with Gasteiger partial charge >= 0.3 is 0 Å². The average Bonchev–Trinajstić information content (AvgIpc) is 2.79. The summed E-state index contributed by atoms with van der Waals surface area (Å²) < 4.78 is 13.9. The third-order valence-corrected chi connectivity index (χ3v) is 6.81. The molecule has 160 valence electrons. The summed E-state index contributed by atoms with van der Waals surface area (Å²) in [5.74, 6) is 0.0758. The van der Waals surface area contributed by atoms with E-state index in [4.69, 9.17) is 0 Å². The summed E-state index contributed by atoms with van der Waals surface area (Å²) in [6, 6.07) is 13.8. The Labute approximate surface area is 179 Å². The van der Waals surface area contributed by atoms with Crippen LogP contribution in [0.4, 0.5) is 4.39 Å². The third-order valence-electron chi connectivity index (χ3n) is 6.81. The van der Waals surface area contributed by atoms with E-state index in [-0.39, 0.29) is 23.7 Å². The molecule has 1 atom stereocenters. The lowest BCUT2D eigenvalue weighted by molar-refractivity contribution is -0.127. The number of hydrogen-bond acceptors (Lipinski definition) is 2. The van der Waals surface area contributed by atoms with Gasteiger partial charge in [0.25, 0.3) is 0 Å². The van der Waals surface area contributed by atoms with Crippen LogP contribution in [0.15, 0.2) is 42.5 Å². The summed E-state index contributed by atoms with van der Waals surface area (Å²) in [5, 5.41) is 3.32. The molecule has 4 heteroatoms. The molecule has 0 spiro atoms. The number of carbonyl (C=O) groups excluding carboxylic acids is 1. The normalized spacial score (nSPS) is 18.6. The second-order valence-electron chi connectivity index (χ2n) is 8.85. The Hall–Kier alpha value is -2.20. The summed E-state index contributed by atoms with van der Waals surface area (Å²) in [5.41, 5.74) is 4.92. The number of nitrogens with one attached hydrogen (secondary N) is 1. The lowest BCUT2D eigenvalue weighted by Crippen LogP contribution is -2.41. The highest BCUT2D eigenvalue weighted by molar-refractivity contribution is 5.79. The van der Waals surface area contributed by atoms with Crippen LogP contribution in [0, 0.1) is 11.7 Å². The van der Waals surface area contributed by atoms with Gasteiger partial charge in [0.15, 0.2) is 0 Å². The SMILES string of the molecule is CC[C@@H](NC(=O)C1CCN(Cc2ccccc2F)CC1)c1ccc2c(c1)CCCC2. The van der Waals surface area contributed by atoms with Gasteiger partial charge in [-0.25, -0.2) is 4.39 Å². The van der Waals surface area contributed by atoms with Gasteiger partial charge in [0.2, 0.25) is 5.91 Å². The van der Waals surface area contributed by atoms with Gasteiger partial charge in [0.05, 0.1) is 6.04 Å². The van der Waals surface area contributed by atoms with Gasteiger partial charge < -0.3 is 5.32 Å². The maximum Gasteiger partial charge on any atom is 0.223 e. The Balaban J connectivity index is 1.32. The highest BCUT2D eigenvalue weighted by Crippen LogP contribution is 2.27. The summed E-state index contributed by atoms with van der Waals surface area (Å²) in [4.78, 5) is 15.2. The number of amides is 1. The van der Waals surface area contributed by atoms with Gasteiger partial charge in [-0.15, -0.1) is 0 Å². The topological polar surface area (TPSA) is 32.3 Å². The summed E-state index contributed by atoms with van der Waals surface area (Å²) in [6.45, 7) is 4.43. The highest BCUT2D eigenvalue weighted by Gasteiger charge is 2.27. The molecule has 3 nitrogen and oxygen atoms in total. The van der Waals surface area contributed by atoms with Crippen LogP contribution in [0.5, 0.6) is 0 Å². The van der Waals surface area contributed by atoms with Crippen LogP contribution in [-0.2, 0) is 24.2 Å². The van der Waals surface area contributed by atoms with E-state index in [1.54, 1.807) is 6.07 Å². The van der Waals surface area contributed by atoms with Crippen LogP contribution in [0.2, 0.25) is 0 Å². The number of likely N-dealkylation sites (tertiary alicyclic amines) is 1. The predicted octanol–water partition coefficient (Wildman–Crippen LogP) is 5.18. The number of hydrogen-bond donors (Lipinski definition) is 1. The van der Waals surface area contributed by atoms with E-state index in [9.17, 15) is 9.18 Å². The Kier molecular flexibility index (Phi) is 6.83. The zero-order valence-electron chi connectivity index (χ0n) is 18.0. The summed E-state index contributed by atoms with van der Waals surface area (Å²) in [7, 11) is 0. The van der Waals surface area contributed by atoms with E-state index in [1.807, 2.05) is 12.1 Å². The lowest BCUT2D eigenvalue weighted by Gasteiger charge is -2.32. The molecule has 1 saturated heterocycles. The van der Waals surface area contributed by atoms with Crippen molar-refractivity contribution in [2.24, 2.45) is 5.92 Å². The van der Waals surface area contributed by atoms with Crippen molar-refractivity contribution in [3.05, 3.63) is 70.5 Å². The second kappa shape index (κ2) is 9.74. The summed E-state index contributed by atoms with van der Waals surface area (Å²) in [6.07, 6.45) is 7.47. The van der Waals surface area contributed by atoms with Crippen LogP contribution >= 0.6 is 0 Å². The maximum absolute atomic E-state index is 13.9. The number of aryl methyl sites for hydroxylation is 2. The van der Waals surface area contributed by atoms with Crippen LogP contribution in [0.25, 0.3) is 0 Å². The fourth-order valence-corrected chi connectivity index (χ4v) is 4.90. The van der Waals surface area contributed by atoms with E-state index >= 15 is 0 Å². The van der Waals surface area contributed by atoms with Crippen molar-refractivity contribution in [3.63, 3.8) is 0 Å². The minimum absolute atomic E-state index is 0.0496. The molecule has 0 radical (unpaired) electrons. The standard InChI is InChI=1S/C26H33FN2O/c1-2-25(22-12-11-19-7-3-4-8-21(19)17-22)28-26(30)20-13-15-29(16-14-20)18-23-9-5-6-10-24(23)27/h5-6,9-12,17,20,25H,2-4,7-8,13-16,18H2,1H3,(H,28,30)/t25-/m1/s1. The molecule has 1 heterocycles. The molecule has 30 heavy (non-hydrogen) atoms. The molecule has 2 aromatic rings. The van der Waals surface area contributed by atoms with E-state index < -0.39 is 0 Å². The Bertz CT molecular complexity index is 873. The molecular formula is C26H33FN2O. The van der Waals surface area contributed by atoms with Crippen molar-refractivity contribution in [2.45, 2.75) is 64.5 Å². The van der Waals surface area contributed by atoms with E-state index in [2.05, 4.69) is 35.3 Å². The largest absolute Gasteiger partial charge is 0.349 e. The molecule has 0 saturated carbocycles. The first-order chi connectivity index (χ1) is 14.6. The molecule has 1 fully saturated rings. The molecule has 1 aliphatic heterocycles. The van der Waals surface area contributed by atoms with Gasteiger partial charge in [-0.3, -0.25) is 9.69 Å². The molecule has 2 aliphatic rings. The molecule has 0 unspecified atom stereocenters. The number of carbonyl (C=O) groups is 1. The quantitative estimate of drug-likeness (QED) is 0.714. The van der Waals surface area contributed by atoms with Crippen molar-refractivity contribution in [3.8, 4) is 0 Å². The number of benzene rings is 2. The van der Waals surface area contributed by atoms with E-state index in [0.29, 0.717) is 6.54 Å². The monoisotopic (exact) mass is 408 g/mol. The smallest absolute Gasteiger partial charge is 0.223 e. The molecular weight excluding hydrogens is 375 g/mol. The van der Waals surface area contributed by atoms with E-state index in [1.165, 1.54) is 42.0 Å². The van der Waals surface area contributed by atoms with Crippen LogP contribution in [-0.4, -0.2) is 23.9 Å². The van der Waals surface area contributed by atoms with Crippen molar-refractivity contribution in [1.82, 2.24) is 10.2 Å². The van der Waals surface area contributed by atoms with Gasteiger partial charge in [-0.1, -0.05) is 43.3 Å². The zero-order valence-corrected chi connectivity index (χ0v) is 18.0. The van der Waals surface area contributed by atoms with Gasteiger partial charge in [-0.2, -0.15) is 0 Å². The van der Waals surface area contributed by atoms with Crippen molar-refractivity contribution >= 4 is 5.91 Å². The number of halogens is 1. The Morgan fingerprint density at radius 2 is 1.83 bits per heavy atom. The predicted molar refractivity (Wildman–Crippen MR) is 119 cm³/mol. The van der Waals surface area contributed by atoms with Crippen LogP contribution in [0.1, 0.15) is 67.3 Å². The Morgan fingerprint density at radius 3 is 2.57 bits per heavy atom. The van der Waals surface area contributed by atoms with E-state index in [0.717, 1.165) is 44.3 Å². The fourth-order valence-electron chi connectivity index (χ4n) is 4.90. The molecule has 0 aromatic heterocycles. The third kappa shape index (κ3) is 4.92.